The molecule has 0 rings (SSSR count). The second-order valence-electron chi connectivity index (χ2n) is 4.92. The summed E-state index contributed by atoms with van der Waals surface area (Å²) in [5, 5.41) is 0. The summed E-state index contributed by atoms with van der Waals surface area (Å²) in [6.45, 7) is 10.8. The zero-order valence-corrected chi connectivity index (χ0v) is 13.9. The van der Waals surface area contributed by atoms with Gasteiger partial charge in [0.15, 0.2) is 0 Å². The largest absolute Gasteiger partial charge is 0.494 e. The molecule has 0 aromatic heterocycles. The van der Waals surface area contributed by atoms with Gasteiger partial charge in [0.2, 0.25) is 0 Å². The molecule has 21 heavy (non-hydrogen) atoms. The molecule has 0 heterocycles. The Hall–Kier alpha value is -1.77. The second kappa shape index (κ2) is 12.0. The van der Waals surface area contributed by atoms with Gasteiger partial charge in [-0.25, -0.2) is 4.79 Å². The highest BCUT2D eigenvalue weighted by Crippen LogP contribution is 2.08. The van der Waals surface area contributed by atoms with E-state index in [-0.39, 0.29) is 5.97 Å². The first-order valence-electron chi connectivity index (χ1n) is 7.48. The Bertz CT molecular complexity index is 422. The van der Waals surface area contributed by atoms with Crippen molar-refractivity contribution in [3.8, 4) is 0 Å². The minimum atomic E-state index is -0.380. The van der Waals surface area contributed by atoms with E-state index in [0.29, 0.717) is 19.0 Å². The SMILES string of the molecule is CCOC(=O)\C=C(/C=C/C=C(\C)CCC=C(C)C)OCC. The lowest BCUT2D eigenvalue weighted by Gasteiger charge is -2.03. The number of hydrogen-bond acceptors (Lipinski definition) is 3. The third-order valence-corrected chi connectivity index (χ3v) is 2.59. The van der Waals surface area contributed by atoms with Gasteiger partial charge in [-0.3, -0.25) is 0 Å². The number of rotatable bonds is 9. The van der Waals surface area contributed by atoms with Crippen molar-refractivity contribution < 1.29 is 14.3 Å². The van der Waals surface area contributed by atoms with Gasteiger partial charge in [0.25, 0.3) is 0 Å². The third kappa shape index (κ3) is 11.7. The first-order valence-corrected chi connectivity index (χ1v) is 7.48. The fourth-order valence-electron chi connectivity index (χ4n) is 1.58. The molecule has 0 saturated carbocycles. The first kappa shape index (κ1) is 19.2. The molecule has 0 amide bonds. The van der Waals surface area contributed by atoms with Gasteiger partial charge < -0.3 is 9.47 Å². The van der Waals surface area contributed by atoms with Gasteiger partial charge in [-0.1, -0.05) is 29.4 Å². The summed E-state index contributed by atoms with van der Waals surface area (Å²) >= 11 is 0. The second-order valence-corrected chi connectivity index (χ2v) is 4.92. The normalized spacial score (nSPS) is 12.4. The molecule has 0 bridgehead atoms. The highest BCUT2D eigenvalue weighted by molar-refractivity contribution is 5.82. The average Bonchev–Trinajstić information content (AvgIpc) is 2.38. The Labute approximate surface area is 129 Å². The maximum Gasteiger partial charge on any atom is 0.334 e. The van der Waals surface area contributed by atoms with E-state index in [4.69, 9.17) is 9.47 Å². The zero-order valence-electron chi connectivity index (χ0n) is 13.9. The molecule has 3 heteroatoms. The number of carbonyl (C=O) groups is 1. The Morgan fingerprint density at radius 2 is 1.71 bits per heavy atom. The standard InChI is InChI=1S/C18H28O3/c1-6-20-17(14-18(19)21-7-2)13-9-12-16(5)11-8-10-15(3)4/h9-10,12-14H,6-8,11H2,1-5H3/b13-9+,16-12+,17-14+. The van der Waals surface area contributed by atoms with E-state index in [2.05, 4.69) is 26.8 Å². The van der Waals surface area contributed by atoms with Crippen molar-refractivity contribution in [1.29, 1.82) is 0 Å². The molecule has 0 fully saturated rings. The number of hydrogen-bond donors (Lipinski definition) is 0. The summed E-state index contributed by atoms with van der Waals surface area (Å²) in [7, 11) is 0. The predicted molar refractivity (Wildman–Crippen MR) is 87.9 cm³/mol. The van der Waals surface area contributed by atoms with Crippen molar-refractivity contribution in [1.82, 2.24) is 0 Å². The highest BCUT2D eigenvalue weighted by atomic mass is 16.5. The van der Waals surface area contributed by atoms with Gasteiger partial charge in [-0.15, -0.1) is 0 Å². The van der Waals surface area contributed by atoms with Gasteiger partial charge in [0.1, 0.15) is 5.76 Å². The van der Waals surface area contributed by atoms with Gasteiger partial charge in [0.05, 0.1) is 19.3 Å². The molecule has 0 aliphatic heterocycles. The molecule has 118 valence electrons. The summed E-state index contributed by atoms with van der Waals surface area (Å²) in [6.07, 6.45) is 11.4. The van der Waals surface area contributed by atoms with Crippen molar-refractivity contribution in [3.05, 3.63) is 47.3 Å². The lowest BCUT2D eigenvalue weighted by Crippen LogP contribution is -2.02. The quantitative estimate of drug-likeness (QED) is 0.203. The fraction of sp³-hybridized carbons (Fsp3) is 0.500. The van der Waals surface area contributed by atoms with Crippen molar-refractivity contribution in [3.63, 3.8) is 0 Å². The summed E-state index contributed by atoms with van der Waals surface area (Å²) in [6, 6.07) is 0. The molecule has 0 saturated heterocycles. The lowest BCUT2D eigenvalue weighted by atomic mass is 10.1. The first-order chi connectivity index (χ1) is 9.99. The zero-order chi connectivity index (χ0) is 16.1. The van der Waals surface area contributed by atoms with Crippen LogP contribution in [0.2, 0.25) is 0 Å². The molecule has 3 nitrogen and oxygen atoms in total. The summed E-state index contributed by atoms with van der Waals surface area (Å²) in [5.74, 6) is 0.138. The van der Waals surface area contributed by atoms with Crippen LogP contribution < -0.4 is 0 Å². The molecule has 0 aromatic rings. The Balaban J connectivity index is 4.56. The van der Waals surface area contributed by atoms with Crippen molar-refractivity contribution in [2.45, 2.75) is 47.5 Å². The average molecular weight is 292 g/mol. The third-order valence-electron chi connectivity index (χ3n) is 2.59. The topological polar surface area (TPSA) is 35.5 Å². The van der Waals surface area contributed by atoms with Crippen LogP contribution in [-0.2, 0) is 14.3 Å². The molecule has 0 N–H and O–H groups in total. The van der Waals surface area contributed by atoms with Gasteiger partial charge in [-0.2, -0.15) is 0 Å². The van der Waals surface area contributed by atoms with Crippen molar-refractivity contribution in [2.75, 3.05) is 13.2 Å². The van der Waals surface area contributed by atoms with E-state index in [0.717, 1.165) is 12.8 Å². The van der Waals surface area contributed by atoms with Crippen LogP contribution in [-0.4, -0.2) is 19.2 Å². The van der Waals surface area contributed by atoms with Gasteiger partial charge in [0, 0.05) is 0 Å². The minimum absolute atomic E-state index is 0.363. The number of esters is 1. The van der Waals surface area contributed by atoms with Crippen LogP contribution in [0.25, 0.3) is 0 Å². The summed E-state index contributed by atoms with van der Waals surface area (Å²) < 4.78 is 10.3. The molecule has 0 spiro atoms. The fourth-order valence-corrected chi connectivity index (χ4v) is 1.58. The molecule has 0 aliphatic rings. The van der Waals surface area contributed by atoms with Crippen molar-refractivity contribution >= 4 is 5.97 Å². The molecular formula is C18H28O3. The van der Waals surface area contributed by atoms with Crippen LogP contribution in [0, 0.1) is 0 Å². The smallest absolute Gasteiger partial charge is 0.334 e. The Morgan fingerprint density at radius 3 is 2.29 bits per heavy atom. The number of ether oxygens (including phenoxy) is 2. The molecule has 0 radical (unpaired) electrons. The van der Waals surface area contributed by atoms with Crippen LogP contribution in [0.5, 0.6) is 0 Å². The van der Waals surface area contributed by atoms with Crippen LogP contribution >= 0.6 is 0 Å². The molecule has 0 atom stereocenters. The number of carbonyl (C=O) groups excluding carboxylic acids is 1. The number of allylic oxidation sites excluding steroid dienone is 6. The predicted octanol–water partition coefficient (Wildman–Crippen LogP) is 4.72. The Morgan fingerprint density at radius 1 is 1.05 bits per heavy atom. The monoisotopic (exact) mass is 292 g/mol. The molecule has 0 aliphatic carbocycles. The van der Waals surface area contributed by atoms with Crippen molar-refractivity contribution in [2.24, 2.45) is 0 Å². The molecule has 0 aromatic carbocycles. The van der Waals surface area contributed by atoms with Crippen LogP contribution in [0.4, 0.5) is 0 Å². The van der Waals surface area contributed by atoms with E-state index in [1.165, 1.54) is 17.2 Å². The van der Waals surface area contributed by atoms with Crippen LogP contribution in [0.1, 0.15) is 47.5 Å². The minimum Gasteiger partial charge on any atom is -0.494 e. The van der Waals surface area contributed by atoms with Gasteiger partial charge in [-0.05, 0) is 53.5 Å². The van der Waals surface area contributed by atoms with E-state index >= 15 is 0 Å². The maximum atomic E-state index is 11.4. The lowest BCUT2D eigenvalue weighted by molar-refractivity contribution is -0.137. The van der Waals surface area contributed by atoms with E-state index < -0.39 is 0 Å². The Kier molecular flexibility index (Phi) is 11.0. The summed E-state index contributed by atoms with van der Waals surface area (Å²) in [5.41, 5.74) is 2.63. The maximum absolute atomic E-state index is 11.4. The van der Waals surface area contributed by atoms with E-state index in [9.17, 15) is 4.79 Å². The highest BCUT2D eigenvalue weighted by Gasteiger charge is 1.99. The van der Waals surface area contributed by atoms with E-state index in [1.807, 2.05) is 19.1 Å². The summed E-state index contributed by atoms with van der Waals surface area (Å²) in [4.78, 5) is 11.4. The van der Waals surface area contributed by atoms with Crippen LogP contribution in [0.15, 0.2) is 47.3 Å². The molecule has 0 unspecified atom stereocenters. The van der Waals surface area contributed by atoms with E-state index in [1.54, 1.807) is 13.0 Å². The van der Waals surface area contributed by atoms with Crippen LogP contribution in [0.3, 0.4) is 0 Å². The van der Waals surface area contributed by atoms with Gasteiger partial charge >= 0.3 is 5.97 Å². The molecular weight excluding hydrogens is 264 g/mol.